The molecule has 1 aliphatic heterocycles. The SMILES string of the molecule is CCN1CCC(C(C)n2c(C)c(C(=O)O)c3ccccc32)CC1C(F)(F)F. The third-order valence-corrected chi connectivity index (χ3v) is 6.00. The number of benzene rings is 1. The summed E-state index contributed by atoms with van der Waals surface area (Å²) in [5.41, 5.74) is 1.59. The lowest BCUT2D eigenvalue weighted by molar-refractivity contribution is -0.196. The number of hydrogen-bond donors (Lipinski definition) is 1. The molecule has 3 unspecified atom stereocenters. The fraction of sp³-hybridized carbons (Fsp3) is 0.550. The summed E-state index contributed by atoms with van der Waals surface area (Å²) in [6.45, 7) is 6.18. The van der Waals surface area contributed by atoms with E-state index in [-0.39, 0.29) is 23.9 Å². The van der Waals surface area contributed by atoms with Gasteiger partial charge in [-0.15, -0.1) is 0 Å². The van der Waals surface area contributed by atoms with E-state index in [1.807, 2.05) is 23.6 Å². The number of likely N-dealkylation sites (tertiary alicyclic amines) is 1. The van der Waals surface area contributed by atoms with Crippen molar-refractivity contribution in [2.75, 3.05) is 13.1 Å². The maximum atomic E-state index is 13.5. The van der Waals surface area contributed by atoms with Crippen molar-refractivity contribution in [1.29, 1.82) is 0 Å². The third kappa shape index (κ3) is 3.45. The quantitative estimate of drug-likeness (QED) is 0.820. The molecule has 3 rings (SSSR count). The standard InChI is InChI=1S/C20H25F3N2O2/c1-4-24-10-9-14(11-17(24)20(21,22)23)12(2)25-13(3)18(19(26)27)15-7-5-6-8-16(15)25/h5-8,12,14,17H,4,9-11H2,1-3H3,(H,26,27). The second-order valence-corrected chi connectivity index (χ2v) is 7.36. The maximum absolute atomic E-state index is 13.5. The molecule has 0 radical (unpaired) electrons. The van der Waals surface area contributed by atoms with Gasteiger partial charge < -0.3 is 9.67 Å². The van der Waals surface area contributed by atoms with Gasteiger partial charge in [-0.25, -0.2) is 4.79 Å². The van der Waals surface area contributed by atoms with Crippen LogP contribution in [0.2, 0.25) is 0 Å². The van der Waals surface area contributed by atoms with E-state index in [9.17, 15) is 23.1 Å². The van der Waals surface area contributed by atoms with Gasteiger partial charge in [-0.1, -0.05) is 25.1 Å². The van der Waals surface area contributed by atoms with Gasteiger partial charge in [0.25, 0.3) is 0 Å². The number of carboxylic acid groups (broad SMARTS) is 1. The highest BCUT2D eigenvalue weighted by molar-refractivity contribution is 6.05. The molecule has 1 fully saturated rings. The maximum Gasteiger partial charge on any atom is 0.404 e. The number of carbonyl (C=O) groups is 1. The number of alkyl halides is 3. The van der Waals surface area contributed by atoms with Crippen LogP contribution in [0.4, 0.5) is 13.2 Å². The average Bonchev–Trinajstić information content (AvgIpc) is 2.91. The molecule has 0 saturated carbocycles. The Balaban J connectivity index is 2.00. The van der Waals surface area contributed by atoms with Crippen LogP contribution in [0.5, 0.6) is 0 Å². The topological polar surface area (TPSA) is 45.5 Å². The number of aromatic carboxylic acids is 1. The van der Waals surface area contributed by atoms with Crippen molar-refractivity contribution in [2.24, 2.45) is 5.92 Å². The van der Waals surface area contributed by atoms with E-state index in [1.54, 1.807) is 26.0 Å². The zero-order chi connectivity index (χ0) is 19.9. The van der Waals surface area contributed by atoms with Crippen molar-refractivity contribution >= 4 is 16.9 Å². The Morgan fingerprint density at radius 1 is 1.33 bits per heavy atom. The summed E-state index contributed by atoms with van der Waals surface area (Å²) in [6, 6.07) is 5.55. The molecular formula is C20H25F3N2O2. The molecule has 3 atom stereocenters. The molecule has 1 aliphatic rings. The molecule has 1 N–H and O–H groups in total. The normalized spacial score (nSPS) is 22.9. The third-order valence-electron chi connectivity index (χ3n) is 6.00. The Bertz CT molecular complexity index is 844. The second-order valence-electron chi connectivity index (χ2n) is 7.36. The summed E-state index contributed by atoms with van der Waals surface area (Å²) in [7, 11) is 0. The first-order valence-electron chi connectivity index (χ1n) is 9.30. The summed E-state index contributed by atoms with van der Waals surface area (Å²) in [4.78, 5) is 13.2. The predicted octanol–water partition coefficient (Wildman–Crippen LogP) is 4.87. The smallest absolute Gasteiger partial charge is 0.404 e. The van der Waals surface area contributed by atoms with Gasteiger partial charge in [0.2, 0.25) is 0 Å². The van der Waals surface area contributed by atoms with E-state index in [2.05, 4.69) is 0 Å². The molecule has 148 valence electrons. The van der Waals surface area contributed by atoms with E-state index in [1.165, 1.54) is 4.90 Å². The molecule has 4 nitrogen and oxygen atoms in total. The summed E-state index contributed by atoms with van der Waals surface area (Å²) >= 11 is 0. The molecule has 0 bridgehead atoms. The number of fused-ring (bicyclic) bond motifs is 1. The van der Waals surface area contributed by atoms with Crippen LogP contribution < -0.4 is 0 Å². The Morgan fingerprint density at radius 3 is 2.59 bits per heavy atom. The first kappa shape index (κ1) is 19.7. The van der Waals surface area contributed by atoms with Crippen LogP contribution in [0.25, 0.3) is 10.9 Å². The lowest BCUT2D eigenvalue weighted by atomic mass is 9.85. The van der Waals surface area contributed by atoms with E-state index < -0.39 is 18.2 Å². The van der Waals surface area contributed by atoms with E-state index in [0.717, 1.165) is 5.52 Å². The largest absolute Gasteiger partial charge is 0.478 e. The van der Waals surface area contributed by atoms with Crippen molar-refractivity contribution in [3.63, 3.8) is 0 Å². The summed E-state index contributed by atoms with van der Waals surface area (Å²) < 4.78 is 42.5. The van der Waals surface area contributed by atoms with Gasteiger partial charge in [0.1, 0.15) is 6.04 Å². The van der Waals surface area contributed by atoms with Gasteiger partial charge in [0, 0.05) is 22.6 Å². The number of aromatic nitrogens is 1. The van der Waals surface area contributed by atoms with E-state index >= 15 is 0 Å². The van der Waals surface area contributed by atoms with Crippen LogP contribution in [0.15, 0.2) is 24.3 Å². The highest BCUT2D eigenvalue weighted by atomic mass is 19.4. The van der Waals surface area contributed by atoms with Gasteiger partial charge in [-0.3, -0.25) is 4.90 Å². The lowest BCUT2D eigenvalue weighted by Crippen LogP contribution is -2.51. The molecule has 1 saturated heterocycles. The average molecular weight is 382 g/mol. The molecule has 2 aromatic rings. The predicted molar refractivity (Wildman–Crippen MR) is 98.2 cm³/mol. The summed E-state index contributed by atoms with van der Waals surface area (Å²) in [5.74, 6) is -1.18. The molecule has 1 aromatic heterocycles. The van der Waals surface area contributed by atoms with Crippen molar-refractivity contribution in [3.05, 3.63) is 35.5 Å². The van der Waals surface area contributed by atoms with Crippen molar-refractivity contribution < 1.29 is 23.1 Å². The Morgan fingerprint density at radius 2 is 2.00 bits per heavy atom. The van der Waals surface area contributed by atoms with Crippen molar-refractivity contribution in [1.82, 2.24) is 9.47 Å². The number of piperidine rings is 1. The molecule has 2 heterocycles. The second kappa shape index (κ2) is 7.19. The molecule has 7 heteroatoms. The number of hydrogen-bond acceptors (Lipinski definition) is 2. The number of para-hydroxylation sites is 1. The van der Waals surface area contributed by atoms with Gasteiger partial charge >= 0.3 is 12.1 Å². The molecule has 1 aromatic carbocycles. The molecule has 0 amide bonds. The van der Waals surface area contributed by atoms with Crippen molar-refractivity contribution in [2.45, 2.75) is 51.9 Å². The first-order valence-corrected chi connectivity index (χ1v) is 9.30. The van der Waals surface area contributed by atoms with Gasteiger partial charge in [0.15, 0.2) is 0 Å². The van der Waals surface area contributed by atoms with Crippen LogP contribution in [0.1, 0.15) is 48.8 Å². The Hall–Kier alpha value is -2.02. The highest BCUT2D eigenvalue weighted by Crippen LogP contribution is 2.40. The number of nitrogens with zero attached hydrogens (tertiary/aromatic N) is 2. The fourth-order valence-electron chi connectivity index (χ4n) is 4.60. The molecule has 0 spiro atoms. The number of halogens is 3. The zero-order valence-electron chi connectivity index (χ0n) is 15.8. The van der Waals surface area contributed by atoms with Gasteiger partial charge in [-0.05, 0) is 51.8 Å². The zero-order valence-corrected chi connectivity index (χ0v) is 15.8. The van der Waals surface area contributed by atoms with Gasteiger partial charge in [-0.2, -0.15) is 13.2 Å². The molecule has 27 heavy (non-hydrogen) atoms. The number of rotatable bonds is 4. The fourth-order valence-corrected chi connectivity index (χ4v) is 4.60. The number of carboxylic acids is 1. The van der Waals surface area contributed by atoms with Crippen molar-refractivity contribution in [3.8, 4) is 0 Å². The monoisotopic (exact) mass is 382 g/mol. The van der Waals surface area contributed by atoms with Gasteiger partial charge in [0.05, 0.1) is 5.56 Å². The highest BCUT2D eigenvalue weighted by Gasteiger charge is 2.47. The Labute approximate surface area is 156 Å². The summed E-state index contributed by atoms with van der Waals surface area (Å²) in [5, 5.41) is 10.2. The van der Waals surface area contributed by atoms with Crippen LogP contribution in [0, 0.1) is 12.8 Å². The van der Waals surface area contributed by atoms with E-state index in [0.29, 0.717) is 30.6 Å². The molecular weight excluding hydrogens is 357 g/mol. The van der Waals surface area contributed by atoms with Crippen LogP contribution in [-0.4, -0.2) is 45.9 Å². The minimum Gasteiger partial charge on any atom is -0.478 e. The first-order chi connectivity index (χ1) is 12.7. The minimum atomic E-state index is -4.26. The van der Waals surface area contributed by atoms with E-state index in [4.69, 9.17) is 0 Å². The summed E-state index contributed by atoms with van der Waals surface area (Å²) in [6.07, 6.45) is -3.56. The lowest BCUT2D eigenvalue weighted by Gasteiger charge is -2.42. The Kier molecular flexibility index (Phi) is 5.25. The molecule has 0 aliphatic carbocycles. The minimum absolute atomic E-state index is 0.0346. The van der Waals surface area contributed by atoms with Crippen LogP contribution in [-0.2, 0) is 0 Å². The van der Waals surface area contributed by atoms with Crippen LogP contribution in [0.3, 0.4) is 0 Å². The van der Waals surface area contributed by atoms with Crippen LogP contribution >= 0.6 is 0 Å².